The molecule has 0 radical (unpaired) electrons. The predicted molar refractivity (Wildman–Crippen MR) is 188 cm³/mol. The second-order valence-corrected chi connectivity index (χ2v) is 15.0. The molecule has 2 heteroatoms. The molecule has 0 saturated heterocycles. The second kappa shape index (κ2) is 8.79. The van der Waals surface area contributed by atoms with Crippen LogP contribution in [0, 0.1) is 0 Å². The topological polar surface area (TPSA) is 25.2 Å². The minimum absolute atomic E-state index is 0.0331. The van der Waals surface area contributed by atoms with Crippen molar-refractivity contribution in [2.75, 3.05) is 0 Å². The zero-order chi connectivity index (χ0) is 30.9. The van der Waals surface area contributed by atoms with Gasteiger partial charge in [0.1, 0.15) is 0 Å². The molecule has 45 heavy (non-hydrogen) atoms. The number of hydrogen-bond donors (Lipinski definition) is 0. The van der Waals surface area contributed by atoms with Gasteiger partial charge in [-0.3, -0.25) is 9.98 Å². The van der Waals surface area contributed by atoms with E-state index in [1.165, 1.54) is 83.6 Å². The van der Waals surface area contributed by atoms with E-state index in [1.54, 1.807) is 0 Å². The average molecular weight is 583 g/mol. The Balaban J connectivity index is 1.10. The Labute approximate surface area is 266 Å². The van der Waals surface area contributed by atoms with Crippen molar-refractivity contribution in [2.45, 2.75) is 70.6 Å². The quantitative estimate of drug-likeness (QED) is 0.203. The monoisotopic (exact) mass is 582 g/mol. The molecule has 1 aromatic heterocycles. The number of aromatic nitrogens is 1. The van der Waals surface area contributed by atoms with Crippen molar-refractivity contribution in [3.05, 3.63) is 130 Å². The first-order chi connectivity index (χ1) is 21.6. The summed E-state index contributed by atoms with van der Waals surface area (Å²) < 4.78 is 0. The van der Waals surface area contributed by atoms with Crippen LogP contribution < -0.4 is 0 Å². The lowest BCUT2D eigenvalue weighted by Crippen LogP contribution is -2.18. The zero-order valence-corrected chi connectivity index (χ0v) is 27.0. The number of pyridine rings is 1. The fraction of sp³-hybridized carbons (Fsp3) is 0.256. The largest absolute Gasteiger partial charge is 0.261 e. The van der Waals surface area contributed by atoms with Crippen LogP contribution in [-0.2, 0) is 16.2 Å². The highest BCUT2D eigenvalue weighted by Crippen LogP contribution is 2.53. The Morgan fingerprint density at radius 3 is 1.73 bits per heavy atom. The molecule has 0 saturated carbocycles. The summed E-state index contributed by atoms with van der Waals surface area (Å²) in [6.07, 6.45) is 6.17. The van der Waals surface area contributed by atoms with Gasteiger partial charge in [-0.2, -0.15) is 0 Å². The van der Waals surface area contributed by atoms with Crippen LogP contribution in [0.5, 0.6) is 0 Å². The minimum Gasteiger partial charge on any atom is -0.261 e. The van der Waals surface area contributed by atoms with Gasteiger partial charge in [-0.25, -0.2) is 0 Å². The summed E-state index contributed by atoms with van der Waals surface area (Å²) >= 11 is 0. The smallest absolute Gasteiger partial charge is 0.0746 e. The lowest BCUT2D eigenvalue weighted by Gasteiger charge is -2.25. The number of hydrogen-bond acceptors (Lipinski definition) is 2. The highest BCUT2D eigenvalue weighted by Gasteiger charge is 2.40. The van der Waals surface area contributed by atoms with Gasteiger partial charge in [0.05, 0.1) is 11.4 Å². The van der Waals surface area contributed by atoms with Crippen molar-refractivity contribution in [2.24, 2.45) is 4.99 Å². The average Bonchev–Trinajstić information content (AvgIpc) is 3.53. The predicted octanol–water partition coefficient (Wildman–Crippen LogP) is 10.9. The first-order valence-electron chi connectivity index (χ1n) is 16.4. The van der Waals surface area contributed by atoms with Crippen LogP contribution in [0.15, 0.2) is 102 Å². The third kappa shape index (κ3) is 3.51. The molecule has 4 aromatic carbocycles. The summed E-state index contributed by atoms with van der Waals surface area (Å²) in [4.78, 5) is 9.70. The van der Waals surface area contributed by atoms with E-state index in [0.717, 1.165) is 18.5 Å². The molecule has 0 spiro atoms. The molecule has 2 heterocycles. The molecule has 3 aliphatic carbocycles. The van der Waals surface area contributed by atoms with Crippen LogP contribution in [0.4, 0.5) is 0 Å². The molecule has 9 rings (SSSR count). The molecule has 0 N–H and O–H groups in total. The van der Waals surface area contributed by atoms with Gasteiger partial charge in [0.15, 0.2) is 0 Å². The van der Waals surface area contributed by atoms with Crippen LogP contribution in [0.2, 0.25) is 0 Å². The lowest BCUT2D eigenvalue weighted by molar-refractivity contribution is 0.610. The zero-order valence-electron chi connectivity index (χ0n) is 27.0. The molecule has 2 nitrogen and oxygen atoms in total. The Morgan fingerprint density at radius 1 is 0.511 bits per heavy atom. The molecule has 0 amide bonds. The highest BCUT2D eigenvalue weighted by molar-refractivity contribution is 5.90. The number of fused-ring (bicyclic) bond motifs is 8. The van der Waals surface area contributed by atoms with Gasteiger partial charge in [0.25, 0.3) is 0 Å². The molecule has 0 atom stereocenters. The van der Waals surface area contributed by atoms with Crippen molar-refractivity contribution in [3.8, 4) is 44.6 Å². The van der Waals surface area contributed by atoms with E-state index < -0.39 is 0 Å². The van der Waals surface area contributed by atoms with Crippen LogP contribution in [-0.4, -0.2) is 11.2 Å². The maximum Gasteiger partial charge on any atom is 0.0746 e. The number of allylic oxidation sites excluding steroid dienone is 1. The van der Waals surface area contributed by atoms with Gasteiger partial charge in [-0.15, -0.1) is 0 Å². The summed E-state index contributed by atoms with van der Waals surface area (Å²) in [5.74, 6) is 0. The van der Waals surface area contributed by atoms with Gasteiger partial charge in [-0.05, 0) is 110 Å². The van der Waals surface area contributed by atoms with Gasteiger partial charge >= 0.3 is 0 Å². The van der Waals surface area contributed by atoms with Gasteiger partial charge in [0.2, 0.25) is 0 Å². The lowest BCUT2D eigenvalue weighted by atomic mass is 9.79. The fourth-order valence-corrected chi connectivity index (χ4v) is 8.86. The van der Waals surface area contributed by atoms with E-state index in [-0.39, 0.29) is 16.2 Å². The first-order valence-corrected chi connectivity index (χ1v) is 16.4. The second-order valence-electron chi connectivity index (χ2n) is 15.0. The minimum atomic E-state index is -0.106. The molecule has 0 unspecified atom stereocenters. The van der Waals surface area contributed by atoms with E-state index >= 15 is 0 Å². The van der Waals surface area contributed by atoms with Crippen molar-refractivity contribution >= 4 is 11.9 Å². The summed E-state index contributed by atoms with van der Waals surface area (Å²) in [6, 6.07) is 32.5. The molecule has 0 bridgehead atoms. The summed E-state index contributed by atoms with van der Waals surface area (Å²) in [5, 5.41) is 0. The van der Waals surface area contributed by atoms with Crippen molar-refractivity contribution < 1.29 is 0 Å². The van der Waals surface area contributed by atoms with Gasteiger partial charge < -0.3 is 0 Å². The standard InChI is InChI=1S/C43H38N2/c1-41(2)33-17-13-25(21-31(33)39-35(41)9-7-19-44-39)27-11-15-29-30-16-12-28(24-38(30)43(5,6)37(29)23-27)26-14-18-34-32(22-26)40-36(42(34,3)4)10-8-20-45-40/h7,9,11-24H,8,10H2,1-6H3. The highest BCUT2D eigenvalue weighted by atomic mass is 14.8. The molecule has 0 fully saturated rings. The summed E-state index contributed by atoms with van der Waals surface area (Å²) in [7, 11) is 0. The van der Waals surface area contributed by atoms with Crippen molar-refractivity contribution in [1.29, 1.82) is 0 Å². The Kier molecular flexibility index (Phi) is 5.23. The van der Waals surface area contributed by atoms with E-state index in [0.29, 0.717) is 0 Å². The normalized spacial score (nSPS) is 18.6. The fourth-order valence-electron chi connectivity index (χ4n) is 8.86. The number of benzene rings is 4. The third-order valence-electron chi connectivity index (χ3n) is 11.5. The van der Waals surface area contributed by atoms with Crippen molar-refractivity contribution in [3.63, 3.8) is 0 Å². The van der Waals surface area contributed by atoms with E-state index in [2.05, 4.69) is 133 Å². The van der Waals surface area contributed by atoms with E-state index in [1.807, 2.05) is 6.20 Å². The summed E-state index contributed by atoms with van der Waals surface area (Å²) in [5.41, 5.74) is 20.9. The SMILES string of the molecule is CC1(C)C2=C(N=CCC2)c2cc(-c3ccc4c(c3)C(C)(C)c3cc(-c5ccc6c(c5)-c5ncccc5C6(C)C)ccc3-4)ccc21. The van der Waals surface area contributed by atoms with Crippen LogP contribution in [0.1, 0.15) is 87.8 Å². The van der Waals surface area contributed by atoms with E-state index in [4.69, 9.17) is 9.98 Å². The molecular weight excluding hydrogens is 544 g/mol. The Hall–Kier alpha value is -4.56. The molecule has 4 aliphatic rings. The molecule has 1 aliphatic heterocycles. The Morgan fingerprint density at radius 2 is 1.07 bits per heavy atom. The maximum absolute atomic E-state index is 4.89. The van der Waals surface area contributed by atoms with Crippen LogP contribution >= 0.6 is 0 Å². The number of nitrogens with zero attached hydrogens (tertiary/aromatic N) is 2. The molecule has 220 valence electrons. The van der Waals surface area contributed by atoms with Gasteiger partial charge in [0, 0.05) is 39.8 Å². The Bertz CT molecular complexity index is 2190. The molecule has 5 aromatic rings. The maximum atomic E-state index is 4.89. The number of rotatable bonds is 2. The molecular formula is C43H38N2. The first kappa shape index (κ1) is 26.8. The van der Waals surface area contributed by atoms with Gasteiger partial charge in [-0.1, -0.05) is 96.1 Å². The third-order valence-corrected chi connectivity index (χ3v) is 11.5. The van der Waals surface area contributed by atoms with Crippen LogP contribution in [0.25, 0.3) is 50.3 Å². The van der Waals surface area contributed by atoms with Crippen LogP contribution in [0.3, 0.4) is 0 Å². The number of aliphatic imine (C=N–C) groups is 1. The summed E-state index contributed by atoms with van der Waals surface area (Å²) in [6.45, 7) is 14.1. The van der Waals surface area contributed by atoms with Crippen molar-refractivity contribution in [1.82, 2.24) is 4.98 Å². The van der Waals surface area contributed by atoms with E-state index in [9.17, 15) is 0 Å².